The third-order valence-corrected chi connectivity index (χ3v) is 6.93. The van der Waals surface area contributed by atoms with Gasteiger partial charge in [-0.05, 0) is 29.5 Å². The first-order chi connectivity index (χ1) is 15.1. The molecule has 32 heavy (non-hydrogen) atoms. The minimum atomic E-state index is 0. The molecule has 0 amide bonds. The second-order valence-electron chi connectivity index (χ2n) is 7.19. The van der Waals surface area contributed by atoms with Crippen molar-refractivity contribution >= 4 is 19.6 Å². The van der Waals surface area contributed by atoms with E-state index in [-0.39, 0.29) is 17.1 Å². The average Bonchev–Trinajstić information content (AvgIpc) is 3.30. The molecule has 1 saturated carbocycles. The second-order valence-corrected chi connectivity index (χ2v) is 8.80. The summed E-state index contributed by atoms with van der Waals surface area (Å²) in [5, 5.41) is 27.5. The maximum absolute atomic E-state index is 7.00. The Balaban J connectivity index is 0. The quantitative estimate of drug-likeness (QED) is 0.397. The van der Waals surface area contributed by atoms with E-state index in [1.165, 1.54) is 30.3 Å². The van der Waals surface area contributed by atoms with Gasteiger partial charge in [-0.3, -0.25) is 4.98 Å². The Hall–Kier alpha value is -1.04. The molecule has 0 bridgehead atoms. The van der Waals surface area contributed by atoms with Gasteiger partial charge in [-0.2, -0.15) is 0 Å². The molecule has 0 saturated heterocycles. The van der Waals surface area contributed by atoms with Gasteiger partial charge in [-0.25, -0.2) is 0 Å². The maximum atomic E-state index is 7.00. The number of aromatic nitrogens is 1. The van der Waals surface area contributed by atoms with Crippen molar-refractivity contribution in [3.05, 3.63) is 59.7 Å². The van der Waals surface area contributed by atoms with Gasteiger partial charge < -0.3 is 25.5 Å². The molecule has 8 heteroatoms. The zero-order valence-electron chi connectivity index (χ0n) is 20.2. The van der Waals surface area contributed by atoms with Gasteiger partial charge in [0.1, 0.15) is 0 Å². The Morgan fingerprint density at radius 3 is 2.25 bits per heavy atom. The number of aliphatic hydroxyl groups excluding tert-OH is 3. The monoisotopic (exact) mass is 505 g/mol. The van der Waals surface area contributed by atoms with Gasteiger partial charge in [0.05, 0.1) is 0 Å². The van der Waals surface area contributed by atoms with Crippen molar-refractivity contribution in [1.29, 1.82) is 0 Å². The van der Waals surface area contributed by atoms with Crippen molar-refractivity contribution in [3.63, 3.8) is 0 Å². The van der Waals surface area contributed by atoms with Crippen molar-refractivity contribution in [2.75, 3.05) is 40.3 Å². The molecule has 6 nitrogen and oxygen atoms in total. The number of hydrogen-bond acceptors (Lipinski definition) is 5. The van der Waals surface area contributed by atoms with Crippen LogP contribution in [-0.4, -0.2) is 67.4 Å². The number of pyridine rings is 1. The molecule has 4 atom stereocenters. The van der Waals surface area contributed by atoms with E-state index in [9.17, 15) is 0 Å². The third-order valence-electron chi connectivity index (χ3n) is 5.17. The summed E-state index contributed by atoms with van der Waals surface area (Å²) in [5.74, 6) is 0.718. The summed E-state index contributed by atoms with van der Waals surface area (Å²) >= 11 is 0. The first-order valence-corrected chi connectivity index (χ1v) is 11.7. The molecule has 1 radical (unpaired) electrons. The Kier molecular flexibility index (Phi) is 21.3. The fourth-order valence-electron chi connectivity index (χ4n) is 3.70. The Labute approximate surface area is 207 Å². The van der Waals surface area contributed by atoms with Crippen molar-refractivity contribution in [1.82, 2.24) is 4.98 Å². The zero-order chi connectivity index (χ0) is 23.6. The van der Waals surface area contributed by atoms with Crippen LogP contribution in [0.2, 0.25) is 0 Å². The Morgan fingerprint density at radius 2 is 1.66 bits per heavy atom. The van der Waals surface area contributed by atoms with E-state index in [0.717, 1.165) is 53.7 Å². The van der Waals surface area contributed by atoms with Crippen LogP contribution in [0.3, 0.4) is 0 Å². The fraction of sp³-hybridized carbons (Fsp3) is 0.542. The van der Waals surface area contributed by atoms with Gasteiger partial charge >= 0.3 is 0 Å². The van der Waals surface area contributed by atoms with Gasteiger partial charge in [0, 0.05) is 70.1 Å². The van der Waals surface area contributed by atoms with Crippen LogP contribution in [-0.2, 0) is 23.6 Å². The molecule has 183 valence electrons. The van der Waals surface area contributed by atoms with E-state index in [1.54, 1.807) is 0 Å². The van der Waals surface area contributed by atoms with E-state index in [4.69, 9.17) is 20.6 Å². The molecule has 3 rings (SSSR count). The third kappa shape index (κ3) is 11.7. The topological polar surface area (TPSA) is 90.9 Å². The van der Waals surface area contributed by atoms with E-state index >= 15 is 0 Å². The minimum absolute atomic E-state index is 0. The van der Waals surface area contributed by atoms with Gasteiger partial charge in [0.15, 0.2) is 0 Å². The van der Waals surface area contributed by atoms with Crippen LogP contribution in [0.4, 0.5) is 5.69 Å². The van der Waals surface area contributed by atoms with E-state index in [2.05, 4.69) is 67.3 Å². The normalized spacial score (nSPS) is 17.5. The molecule has 1 aromatic carbocycles. The van der Waals surface area contributed by atoms with Gasteiger partial charge in [-0.1, -0.05) is 64.6 Å². The van der Waals surface area contributed by atoms with E-state index < -0.39 is 0 Å². The first-order valence-electron chi connectivity index (χ1n) is 10.6. The summed E-state index contributed by atoms with van der Waals surface area (Å²) in [5.41, 5.74) is 3.05. The largest absolute Gasteiger partial charge is 0.654 e. The molecule has 3 N–H and O–H groups in total. The summed E-state index contributed by atoms with van der Waals surface area (Å²) in [6.07, 6.45) is 5.91. The number of aliphatic hydroxyl groups is 3. The molecule has 1 aromatic heterocycles. The average molecular weight is 506 g/mol. The maximum Gasteiger partial charge on any atom is 0.0394 e. The van der Waals surface area contributed by atoms with Crippen LogP contribution in [0, 0.1) is 5.92 Å². The van der Waals surface area contributed by atoms with Gasteiger partial charge in [0.25, 0.3) is 0 Å². The smallest absolute Gasteiger partial charge is 0.0394 e. The van der Waals surface area contributed by atoms with Crippen molar-refractivity contribution in [2.24, 2.45) is 5.92 Å². The summed E-state index contributed by atoms with van der Waals surface area (Å²) in [4.78, 5) is 6.60. The molecule has 1 heterocycles. The standard InChI is InChI=1S/C21H29N3P.3CH4O.Mn/c1-16(23-15-17-14-18(24(2)3)12-13-22-17)20-10-7-11-21(20)25-19-8-5-4-6-9-19;3*1-2;/h4-6,8-9,12-14,16,20-21,25H,7,10-11,15H2,1-3H3;3*2H,1H3;/q-1;;;;/t16-,20?,21?;;;;/m0..../s1. The van der Waals surface area contributed by atoms with Crippen LogP contribution < -0.4 is 10.2 Å². The fourth-order valence-corrected chi connectivity index (χ4v) is 5.52. The minimum Gasteiger partial charge on any atom is -0.654 e. The molecule has 1 aliphatic carbocycles. The molecule has 1 aliphatic rings. The summed E-state index contributed by atoms with van der Waals surface area (Å²) in [6.45, 7) is 3.02. The van der Waals surface area contributed by atoms with Gasteiger partial charge in [0.2, 0.25) is 0 Å². The molecular weight excluding hydrogens is 464 g/mol. The van der Waals surface area contributed by atoms with Crippen molar-refractivity contribution < 1.29 is 32.4 Å². The van der Waals surface area contributed by atoms with Crippen LogP contribution >= 0.6 is 8.58 Å². The SMILES string of the molecule is CO.CO.CO.C[C@H]([N-]Cc1cc(N(C)C)ccn1)C1CCCC1Pc1ccccc1.[Mn]. The summed E-state index contributed by atoms with van der Waals surface area (Å²) in [6, 6.07) is 15.6. The Morgan fingerprint density at radius 1 is 1.03 bits per heavy atom. The number of benzene rings is 1. The zero-order valence-corrected chi connectivity index (χ0v) is 22.4. The summed E-state index contributed by atoms with van der Waals surface area (Å²) < 4.78 is 0. The summed E-state index contributed by atoms with van der Waals surface area (Å²) in [7, 11) is 8.04. The van der Waals surface area contributed by atoms with Crippen LogP contribution in [0.5, 0.6) is 0 Å². The first kappa shape index (κ1) is 33.1. The predicted octanol–water partition coefficient (Wildman–Crippen LogP) is 3.41. The Bertz CT molecular complexity index is 681. The molecule has 0 aliphatic heterocycles. The van der Waals surface area contributed by atoms with Gasteiger partial charge in [-0.15, -0.1) is 12.6 Å². The second kappa shape index (κ2) is 20.6. The van der Waals surface area contributed by atoms with Crippen LogP contribution in [0.25, 0.3) is 5.32 Å². The molecule has 2 aromatic rings. The van der Waals surface area contributed by atoms with Crippen LogP contribution in [0.1, 0.15) is 31.9 Å². The molecular formula is C24H41MnN3O3P-. The number of nitrogens with zero attached hydrogens (tertiary/aromatic N) is 3. The van der Waals surface area contributed by atoms with E-state index in [0.29, 0.717) is 6.04 Å². The van der Waals surface area contributed by atoms with Crippen molar-refractivity contribution in [3.8, 4) is 0 Å². The predicted molar refractivity (Wildman–Crippen MR) is 135 cm³/mol. The van der Waals surface area contributed by atoms with Crippen LogP contribution in [0.15, 0.2) is 48.7 Å². The molecule has 1 fully saturated rings. The number of anilines is 1. The van der Waals surface area contributed by atoms with Crippen molar-refractivity contribution in [2.45, 2.75) is 44.4 Å². The number of hydrogen-bond donors (Lipinski definition) is 3. The number of rotatable bonds is 7. The van der Waals surface area contributed by atoms with E-state index in [1.807, 2.05) is 12.3 Å². The molecule has 3 unspecified atom stereocenters. The molecule has 0 spiro atoms.